The van der Waals surface area contributed by atoms with Crippen molar-refractivity contribution in [2.45, 2.75) is 12.8 Å². The average molecular weight is 239 g/mol. The van der Waals surface area contributed by atoms with Crippen LogP contribution in [0.1, 0.15) is 12.8 Å². The van der Waals surface area contributed by atoms with Crippen molar-refractivity contribution in [3.05, 3.63) is 28.3 Å². The van der Waals surface area contributed by atoms with E-state index >= 15 is 0 Å². The highest BCUT2D eigenvalue weighted by Crippen LogP contribution is 2.28. The number of benzene rings is 1. The fourth-order valence-corrected chi connectivity index (χ4v) is 1.43. The van der Waals surface area contributed by atoms with E-state index in [0.717, 1.165) is 12.8 Å². The Labute approximate surface area is 99.9 Å². The van der Waals surface area contributed by atoms with Crippen LogP contribution in [0.5, 0.6) is 5.75 Å². The number of nitro groups is 1. The summed E-state index contributed by atoms with van der Waals surface area (Å²) in [5.74, 6) is 0.476. The van der Waals surface area contributed by atoms with Crippen molar-refractivity contribution in [2.75, 3.05) is 25.5 Å². The fraction of sp³-hybridized carbons (Fsp3) is 0.455. The Morgan fingerprint density at radius 1 is 1.47 bits per heavy atom. The monoisotopic (exact) mass is 239 g/mol. The number of nitro benzene ring substituents is 1. The number of hydrogen-bond acceptors (Lipinski definition) is 5. The van der Waals surface area contributed by atoms with Crippen molar-refractivity contribution in [1.82, 2.24) is 0 Å². The number of methoxy groups -OCH3 is 1. The summed E-state index contributed by atoms with van der Waals surface area (Å²) in [4.78, 5) is 10.4. The van der Waals surface area contributed by atoms with Crippen LogP contribution in [-0.4, -0.2) is 25.1 Å². The lowest BCUT2D eigenvalue weighted by molar-refractivity contribution is -0.384. The van der Waals surface area contributed by atoms with Gasteiger partial charge in [-0.05, 0) is 31.5 Å². The predicted octanol–water partition coefficient (Wildman–Crippen LogP) is 1.75. The molecule has 0 heterocycles. The molecule has 1 aromatic carbocycles. The lowest BCUT2D eigenvalue weighted by atomic mass is 10.2. The van der Waals surface area contributed by atoms with Crippen LogP contribution >= 0.6 is 0 Å². The van der Waals surface area contributed by atoms with E-state index in [9.17, 15) is 10.1 Å². The molecule has 0 aliphatic heterocycles. The minimum Gasteiger partial charge on any atom is -0.496 e. The van der Waals surface area contributed by atoms with Crippen molar-refractivity contribution in [3.8, 4) is 5.75 Å². The van der Waals surface area contributed by atoms with Crippen LogP contribution in [0, 0.1) is 10.1 Å². The first-order chi connectivity index (χ1) is 8.19. The number of nitrogens with zero attached hydrogens (tertiary/aromatic N) is 1. The van der Waals surface area contributed by atoms with E-state index in [4.69, 9.17) is 10.5 Å². The maximum atomic E-state index is 10.9. The third kappa shape index (κ3) is 3.92. The summed E-state index contributed by atoms with van der Waals surface area (Å²) in [6, 6.07) is 4.75. The zero-order chi connectivity index (χ0) is 12.7. The molecule has 0 saturated carbocycles. The molecule has 0 aliphatic carbocycles. The zero-order valence-electron chi connectivity index (χ0n) is 9.81. The smallest absolute Gasteiger partial charge is 0.296 e. The molecular weight excluding hydrogens is 222 g/mol. The van der Waals surface area contributed by atoms with Crippen molar-refractivity contribution in [1.29, 1.82) is 0 Å². The van der Waals surface area contributed by atoms with E-state index in [1.807, 2.05) is 0 Å². The summed E-state index contributed by atoms with van der Waals surface area (Å²) in [5.41, 5.74) is 5.90. The van der Waals surface area contributed by atoms with Gasteiger partial charge in [0.25, 0.3) is 5.69 Å². The van der Waals surface area contributed by atoms with E-state index in [1.54, 1.807) is 12.1 Å². The maximum Gasteiger partial charge on any atom is 0.296 e. The summed E-state index contributed by atoms with van der Waals surface area (Å²) >= 11 is 0. The lowest BCUT2D eigenvalue weighted by Gasteiger charge is -2.07. The average Bonchev–Trinajstić information content (AvgIpc) is 2.34. The Morgan fingerprint density at radius 3 is 2.82 bits per heavy atom. The van der Waals surface area contributed by atoms with Crippen molar-refractivity contribution >= 4 is 11.4 Å². The van der Waals surface area contributed by atoms with Crippen LogP contribution in [0.4, 0.5) is 11.4 Å². The third-order valence-electron chi connectivity index (χ3n) is 2.35. The van der Waals surface area contributed by atoms with Gasteiger partial charge in [-0.1, -0.05) is 0 Å². The van der Waals surface area contributed by atoms with E-state index in [2.05, 4.69) is 5.32 Å². The molecule has 0 unspecified atom stereocenters. The van der Waals surface area contributed by atoms with Gasteiger partial charge >= 0.3 is 0 Å². The lowest BCUT2D eigenvalue weighted by Crippen LogP contribution is -2.07. The molecular formula is C11H17N3O3. The van der Waals surface area contributed by atoms with Crippen molar-refractivity contribution in [2.24, 2.45) is 5.73 Å². The molecule has 6 nitrogen and oxygen atoms in total. The van der Waals surface area contributed by atoms with Crippen LogP contribution in [0.3, 0.4) is 0 Å². The quantitative estimate of drug-likeness (QED) is 0.430. The highest BCUT2D eigenvalue weighted by atomic mass is 16.6. The number of unbranched alkanes of at least 4 members (excludes halogenated alkanes) is 1. The molecule has 0 amide bonds. The number of nitrogens with one attached hydrogen (secondary N) is 1. The summed E-state index contributed by atoms with van der Waals surface area (Å²) in [5, 5.41) is 13.9. The van der Waals surface area contributed by atoms with Gasteiger partial charge in [-0.15, -0.1) is 0 Å². The molecule has 0 saturated heterocycles. The Hall–Kier alpha value is -1.82. The molecule has 0 radical (unpaired) electrons. The molecule has 0 bridgehead atoms. The standard InChI is InChI=1S/C11H17N3O3/c1-17-9-4-5-10(11(8-9)14(15)16)13-7-3-2-6-12/h4-5,8,13H,2-3,6-7,12H2,1H3. The topological polar surface area (TPSA) is 90.4 Å². The largest absolute Gasteiger partial charge is 0.496 e. The van der Waals surface area contributed by atoms with E-state index in [1.165, 1.54) is 13.2 Å². The van der Waals surface area contributed by atoms with Crippen molar-refractivity contribution in [3.63, 3.8) is 0 Å². The molecule has 6 heteroatoms. The summed E-state index contributed by atoms with van der Waals surface area (Å²) in [6.45, 7) is 1.30. The SMILES string of the molecule is COc1ccc(NCCCCN)c([N+](=O)[O-])c1. The maximum absolute atomic E-state index is 10.9. The van der Waals surface area contributed by atoms with Gasteiger partial charge in [0.05, 0.1) is 18.1 Å². The summed E-state index contributed by atoms with van der Waals surface area (Å²) < 4.78 is 4.95. The molecule has 1 aromatic rings. The predicted molar refractivity (Wildman–Crippen MR) is 66.4 cm³/mol. The van der Waals surface area contributed by atoms with E-state index in [-0.39, 0.29) is 5.69 Å². The second-order valence-corrected chi connectivity index (χ2v) is 3.56. The van der Waals surface area contributed by atoms with Crippen LogP contribution in [-0.2, 0) is 0 Å². The Kier molecular flexibility index (Phi) is 5.22. The number of anilines is 1. The van der Waals surface area contributed by atoms with Crippen LogP contribution in [0.15, 0.2) is 18.2 Å². The Morgan fingerprint density at radius 2 is 2.24 bits per heavy atom. The zero-order valence-corrected chi connectivity index (χ0v) is 9.81. The van der Waals surface area contributed by atoms with Crippen molar-refractivity contribution < 1.29 is 9.66 Å². The number of nitrogens with two attached hydrogens (primary N) is 1. The van der Waals surface area contributed by atoms with Crippen LogP contribution in [0.2, 0.25) is 0 Å². The van der Waals surface area contributed by atoms with Gasteiger partial charge < -0.3 is 15.8 Å². The minimum absolute atomic E-state index is 0.0251. The second kappa shape index (κ2) is 6.70. The van der Waals surface area contributed by atoms with E-state index in [0.29, 0.717) is 24.5 Å². The minimum atomic E-state index is -0.423. The van der Waals surface area contributed by atoms with Gasteiger partial charge in [0.15, 0.2) is 0 Å². The van der Waals surface area contributed by atoms with Gasteiger partial charge in [-0.25, -0.2) is 0 Å². The number of rotatable bonds is 7. The van der Waals surface area contributed by atoms with Crippen LogP contribution in [0.25, 0.3) is 0 Å². The first-order valence-corrected chi connectivity index (χ1v) is 5.45. The number of ether oxygens (including phenoxy) is 1. The van der Waals surface area contributed by atoms with Gasteiger partial charge in [0, 0.05) is 6.54 Å². The number of hydrogen-bond donors (Lipinski definition) is 2. The highest BCUT2D eigenvalue weighted by molar-refractivity contribution is 5.63. The molecule has 1 rings (SSSR count). The summed E-state index contributed by atoms with van der Waals surface area (Å²) in [7, 11) is 1.48. The normalized spacial score (nSPS) is 10.0. The van der Waals surface area contributed by atoms with E-state index < -0.39 is 4.92 Å². The Bertz CT molecular complexity index is 382. The van der Waals surface area contributed by atoms with Gasteiger partial charge in [-0.2, -0.15) is 0 Å². The molecule has 0 fully saturated rings. The van der Waals surface area contributed by atoms with Gasteiger partial charge in [0.2, 0.25) is 0 Å². The first kappa shape index (κ1) is 13.2. The molecule has 0 spiro atoms. The molecule has 3 N–H and O–H groups in total. The van der Waals surface area contributed by atoms with Gasteiger partial charge in [-0.3, -0.25) is 10.1 Å². The molecule has 0 aromatic heterocycles. The molecule has 17 heavy (non-hydrogen) atoms. The second-order valence-electron chi connectivity index (χ2n) is 3.56. The fourth-order valence-electron chi connectivity index (χ4n) is 1.43. The van der Waals surface area contributed by atoms with Crippen LogP contribution < -0.4 is 15.8 Å². The molecule has 94 valence electrons. The third-order valence-corrected chi connectivity index (χ3v) is 2.35. The first-order valence-electron chi connectivity index (χ1n) is 5.45. The summed E-state index contributed by atoms with van der Waals surface area (Å²) in [6.07, 6.45) is 1.79. The van der Waals surface area contributed by atoms with Gasteiger partial charge in [0.1, 0.15) is 11.4 Å². The molecule has 0 atom stereocenters. The highest BCUT2D eigenvalue weighted by Gasteiger charge is 2.14. The molecule has 0 aliphatic rings. The Balaban J connectivity index is 2.73.